The standard InChI is InChI=1S/C19H23FN4O/c1-2-23-12-21-22-18(23)13-6-8-24(9-7-13)19(25)17-11-16(17)14-4-3-5-15(20)10-14/h3-5,10,12-13,16-17H,2,6-9,11H2,1H3/t16-,17+/m0/s1. The van der Waals surface area contributed by atoms with Crippen LogP contribution < -0.4 is 0 Å². The summed E-state index contributed by atoms with van der Waals surface area (Å²) < 4.78 is 15.5. The molecule has 1 saturated heterocycles. The van der Waals surface area contributed by atoms with Crippen LogP contribution in [0.3, 0.4) is 0 Å². The molecule has 5 nitrogen and oxygen atoms in total. The molecule has 0 bridgehead atoms. The van der Waals surface area contributed by atoms with E-state index in [1.807, 2.05) is 11.0 Å². The van der Waals surface area contributed by atoms with Crippen molar-refractivity contribution in [3.05, 3.63) is 47.8 Å². The number of amides is 1. The van der Waals surface area contributed by atoms with Gasteiger partial charge in [-0.05, 0) is 49.8 Å². The molecule has 1 aromatic heterocycles. The van der Waals surface area contributed by atoms with Gasteiger partial charge in [-0.1, -0.05) is 12.1 Å². The third-order valence-corrected chi connectivity index (χ3v) is 5.54. The lowest BCUT2D eigenvalue weighted by molar-refractivity contribution is -0.133. The number of rotatable bonds is 4. The summed E-state index contributed by atoms with van der Waals surface area (Å²) in [5.74, 6) is 1.63. The summed E-state index contributed by atoms with van der Waals surface area (Å²) in [4.78, 5) is 14.7. The van der Waals surface area contributed by atoms with Crippen LogP contribution in [0.25, 0.3) is 0 Å². The summed E-state index contributed by atoms with van der Waals surface area (Å²) in [5, 5.41) is 8.27. The van der Waals surface area contributed by atoms with Crippen molar-refractivity contribution in [2.24, 2.45) is 5.92 Å². The van der Waals surface area contributed by atoms with Gasteiger partial charge in [0.15, 0.2) is 0 Å². The van der Waals surface area contributed by atoms with Crippen LogP contribution in [0.2, 0.25) is 0 Å². The van der Waals surface area contributed by atoms with Crippen LogP contribution in [-0.4, -0.2) is 38.7 Å². The Hall–Kier alpha value is -2.24. The minimum Gasteiger partial charge on any atom is -0.342 e. The first kappa shape index (κ1) is 16.2. The zero-order valence-corrected chi connectivity index (χ0v) is 14.4. The van der Waals surface area contributed by atoms with Gasteiger partial charge in [0.05, 0.1) is 0 Å². The van der Waals surface area contributed by atoms with Crippen LogP contribution >= 0.6 is 0 Å². The van der Waals surface area contributed by atoms with E-state index in [0.29, 0.717) is 5.92 Å². The maximum atomic E-state index is 13.4. The maximum Gasteiger partial charge on any atom is 0.226 e. The van der Waals surface area contributed by atoms with Crippen molar-refractivity contribution < 1.29 is 9.18 Å². The number of benzene rings is 1. The van der Waals surface area contributed by atoms with E-state index in [-0.39, 0.29) is 23.6 Å². The number of nitrogens with zero attached hydrogens (tertiary/aromatic N) is 4. The van der Waals surface area contributed by atoms with Crippen LogP contribution in [0.1, 0.15) is 49.4 Å². The van der Waals surface area contributed by atoms with Crippen LogP contribution in [0.15, 0.2) is 30.6 Å². The Morgan fingerprint density at radius 1 is 1.32 bits per heavy atom. The fraction of sp³-hybridized carbons (Fsp3) is 0.526. The van der Waals surface area contributed by atoms with Gasteiger partial charge < -0.3 is 9.47 Å². The van der Waals surface area contributed by atoms with E-state index in [1.54, 1.807) is 18.5 Å². The quantitative estimate of drug-likeness (QED) is 0.858. The average molecular weight is 342 g/mol. The number of aromatic nitrogens is 3. The van der Waals surface area contributed by atoms with Crippen LogP contribution in [-0.2, 0) is 11.3 Å². The molecule has 1 aromatic carbocycles. The van der Waals surface area contributed by atoms with Crippen LogP contribution in [0.5, 0.6) is 0 Å². The maximum absolute atomic E-state index is 13.4. The minimum absolute atomic E-state index is 0.0256. The molecule has 4 rings (SSSR count). The summed E-state index contributed by atoms with van der Waals surface area (Å²) >= 11 is 0. The molecule has 2 heterocycles. The predicted molar refractivity (Wildman–Crippen MR) is 91.5 cm³/mol. The van der Waals surface area contributed by atoms with Gasteiger partial charge in [0.25, 0.3) is 0 Å². The van der Waals surface area contributed by atoms with Gasteiger partial charge in [-0.15, -0.1) is 10.2 Å². The molecule has 1 amide bonds. The smallest absolute Gasteiger partial charge is 0.226 e. The van der Waals surface area contributed by atoms with Crippen molar-refractivity contribution in [3.8, 4) is 0 Å². The van der Waals surface area contributed by atoms with E-state index in [2.05, 4.69) is 21.7 Å². The zero-order valence-electron chi connectivity index (χ0n) is 14.4. The van der Waals surface area contributed by atoms with Crippen molar-refractivity contribution >= 4 is 5.91 Å². The highest BCUT2D eigenvalue weighted by atomic mass is 19.1. The zero-order chi connectivity index (χ0) is 17.4. The summed E-state index contributed by atoms with van der Waals surface area (Å²) in [6, 6.07) is 6.65. The largest absolute Gasteiger partial charge is 0.342 e. The SMILES string of the molecule is CCn1cnnc1C1CCN(C(=O)[C@@H]2C[C@H]2c2cccc(F)c2)CC1. The van der Waals surface area contributed by atoms with Crippen molar-refractivity contribution in [2.45, 2.75) is 44.6 Å². The topological polar surface area (TPSA) is 51.0 Å². The van der Waals surface area contributed by atoms with E-state index in [4.69, 9.17) is 0 Å². The molecule has 1 aliphatic carbocycles. The van der Waals surface area contributed by atoms with E-state index in [0.717, 1.165) is 50.3 Å². The highest BCUT2D eigenvalue weighted by molar-refractivity contribution is 5.83. The van der Waals surface area contributed by atoms with E-state index in [1.165, 1.54) is 6.07 Å². The highest BCUT2D eigenvalue weighted by Gasteiger charge is 2.46. The molecular formula is C19H23FN4O. The molecule has 2 fully saturated rings. The second-order valence-corrected chi connectivity index (χ2v) is 7.08. The normalized spacial score (nSPS) is 23.7. The van der Waals surface area contributed by atoms with Gasteiger partial charge in [0, 0.05) is 31.5 Å². The van der Waals surface area contributed by atoms with Crippen LogP contribution in [0.4, 0.5) is 4.39 Å². The van der Waals surface area contributed by atoms with Crippen molar-refractivity contribution in [1.82, 2.24) is 19.7 Å². The number of halogens is 1. The number of hydrogen-bond donors (Lipinski definition) is 0. The summed E-state index contributed by atoms with van der Waals surface area (Å²) in [6.45, 7) is 4.50. The van der Waals surface area contributed by atoms with Crippen LogP contribution in [0, 0.1) is 11.7 Å². The predicted octanol–water partition coefficient (Wildman–Crippen LogP) is 2.95. The lowest BCUT2D eigenvalue weighted by Crippen LogP contribution is -2.39. The summed E-state index contributed by atoms with van der Waals surface area (Å²) in [6.07, 6.45) is 4.48. The summed E-state index contributed by atoms with van der Waals surface area (Å²) in [7, 11) is 0. The molecule has 0 spiro atoms. The Labute approximate surface area is 146 Å². The Bertz CT molecular complexity index is 766. The first-order valence-electron chi connectivity index (χ1n) is 9.09. The number of carbonyl (C=O) groups excluding carboxylic acids is 1. The molecule has 25 heavy (non-hydrogen) atoms. The number of likely N-dealkylation sites (tertiary alicyclic amines) is 1. The number of hydrogen-bond acceptors (Lipinski definition) is 3. The van der Waals surface area contributed by atoms with Crippen molar-refractivity contribution in [2.75, 3.05) is 13.1 Å². The lowest BCUT2D eigenvalue weighted by Gasteiger charge is -2.32. The second kappa shape index (κ2) is 6.58. The first-order chi connectivity index (χ1) is 12.2. The van der Waals surface area contributed by atoms with E-state index in [9.17, 15) is 9.18 Å². The lowest BCUT2D eigenvalue weighted by atomic mass is 9.95. The molecular weight excluding hydrogens is 319 g/mol. The number of carbonyl (C=O) groups is 1. The Kier molecular flexibility index (Phi) is 4.27. The van der Waals surface area contributed by atoms with Gasteiger partial charge in [-0.2, -0.15) is 0 Å². The minimum atomic E-state index is -0.226. The van der Waals surface area contributed by atoms with Gasteiger partial charge in [0.2, 0.25) is 5.91 Å². The third-order valence-electron chi connectivity index (χ3n) is 5.54. The molecule has 0 unspecified atom stereocenters. The van der Waals surface area contributed by atoms with Gasteiger partial charge in [-0.25, -0.2) is 4.39 Å². The molecule has 2 aliphatic rings. The first-order valence-corrected chi connectivity index (χ1v) is 9.09. The molecule has 6 heteroatoms. The number of piperidine rings is 1. The van der Waals surface area contributed by atoms with Crippen molar-refractivity contribution in [1.29, 1.82) is 0 Å². The fourth-order valence-corrected chi connectivity index (χ4v) is 3.99. The summed E-state index contributed by atoms with van der Waals surface area (Å²) in [5.41, 5.74) is 0.948. The molecule has 1 saturated carbocycles. The second-order valence-electron chi connectivity index (χ2n) is 7.08. The fourth-order valence-electron chi connectivity index (χ4n) is 3.99. The molecule has 2 atom stereocenters. The Morgan fingerprint density at radius 3 is 2.84 bits per heavy atom. The molecule has 132 valence electrons. The van der Waals surface area contributed by atoms with Gasteiger partial charge in [0.1, 0.15) is 18.0 Å². The van der Waals surface area contributed by atoms with Gasteiger partial charge in [-0.3, -0.25) is 4.79 Å². The molecule has 1 aliphatic heterocycles. The molecule has 0 N–H and O–H groups in total. The monoisotopic (exact) mass is 342 g/mol. The highest BCUT2D eigenvalue weighted by Crippen LogP contribution is 2.49. The van der Waals surface area contributed by atoms with Crippen molar-refractivity contribution in [3.63, 3.8) is 0 Å². The average Bonchev–Trinajstić information content (AvgIpc) is 3.30. The Balaban J connectivity index is 1.35. The number of aryl methyl sites for hydroxylation is 1. The molecule has 0 radical (unpaired) electrons. The molecule has 2 aromatic rings. The third kappa shape index (κ3) is 3.17. The van der Waals surface area contributed by atoms with E-state index >= 15 is 0 Å². The van der Waals surface area contributed by atoms with Gasteiger partial charge >= 0.3 is 0 Å². The Morgan fingerprint density at radius 2 is 2.12 bits per heavy atom. The van der Waals surface area contributed by atoms with E-state index < -0.39 is 0 Å².